The van der Waals surface area contributed by atoms with Gasteiger partial charge in [0.15, 0.2) is 0 Å². The highest BCUT2D eigenvalue weighted by Crippen LogP contribution is 2.02. The van der Waals surface area contributed by atoms with Crippen LogP contribution in [0.3, 0.4) is 0 Å². The van der Waals surface area contributed by atoms with Gasteiger partial charge in [-0.05, 0) is 26.3 Å². The number of hydrogen-bond donors (Lipinski definition) is 1. The molecule has 0 fully saturated rings. The Morgan fingerprint density at radius 1 is 1.43 bits per heavy atom. The Kier molecular flexibility index (Phi) is 6.46. The summed E-state index contributed by atoms with van der Waals surface area (Å²) >= 11 is 0. The first kappa shape index (κ1) is 12.7. The summed E-state index contributed by atoms with van der Waals surface area (Å²) < 4.78 is 0. The van der Waals surface area contributed by atoms with E-state index in [1.807, 2.05) is 32.9 Å². The third kappa shape index (κ3) is 5.36. The summed E-state index contributed by atoms with van der Waals surface area (Å²) in [6, 6.07) is 0. The van der Waals surface area contributed by atoms with Gasteiger partial charge in [0.25, 0.3) is 0 Å². The van der Waals surface area contributed by atoms with Gasteiger partial charge in [-0.1, -0.05) is 31.2 Å². The minimum atomic E-state index is 0.0670. The second kappa shape index (κ2) is 7.13. The van der Waals surface area contributed by atoms with Crippen LogP contribution in [0.25, 0.3) is 0 Å². The molecule has 0 aromatic carbocycles. The van der Waals surface area contributed by atoms with Crippen LogP contribution in [0.2, 0.25) is 0 Å². The maximum atomic E-state index is 11.3. The lowest BCUT2D eigenvalue weighted by atomic mass is 10.2. The molecule has 0 radical (unpaired) electrons. The molecule has 0 spiro atoms. The highest BCUT2D eigenvalue weighted by Gasteiger charge is 2.01. The first-order chi connectivity index (χ1) is 6.61. The molecule has 0 unspecified atom stereocenters. The van der Waals surface area contributed by atoms with E-state index in [9.17, 15) is 4.79 Å². The van der Waals surface area contributed by atoms with E-state index in [1.165, 1.54) is 0 Å². The second-order valence-corrected chi connectivity index (χ2v) is 3.31. The molecule has 1 N–H and O–H groups in total. The van der Waals surface area contributed by atoms with E-state index in [1.54, 1.807) is 6.08 Å². The van der Waals surface area contributed by atoms with Crippen molar-refractivity contribution < 1.29 is 4.79 Å². The summed E-state index contributed by atoms with van der Waals surface area (Å²) in [5.41, 5.74) is 1.95. The molecule has 0 aliphatic carbocycles. The summed E-state index contributed by atoms with van der Waals surface area (Å²) in [7, 11) is 0. The standard InChI is InChI=1S/C12H19NO/c1-5-7-9-11(10(3)4)13-12(14)8-6-2/h5,7,9H,1,6,8H2,2-4H3,(H,13,14)/b9-7-. The van der Waals surface area contributed by atoms with Gasteiger partial charge < -0.3 is 5.32 Å². The highest BCUT2D eigenvalue weighted by atomic mass is 16.1. The molecule has 0 saturated heterocycles. The molecule has 0 heterocycles. The van der Waals surface area contributed by atoms with Crippen molar-refractivity contribution in [2.45, 2.75) is 33.6 Å². The van der Waals surface area contributed by atoms with Crippen molar-refractivity contribution >= 4 is 5.91 Å². The second-order valence-electron chi connectivity index (χ2n) is 3.31. The van der Waals surface area contributed by atoms with Gasteiger partial charge in [0.1, 0.15) is 0 Å². The van der Waals surface area contributed by atoms with Crippen molar-refractivity contribution in [3.63, 3.8) is 0 Å². The number of carbonyl (C=O) groups excluding carboxylic acids is 1. The molecule has 0 bridgehead atoms. The fourth-order valence-corrected chi connectivity index (χ4v) is 0.937. The largest absolute Gasteiger partial charge is 0.326 e. The summed E-state index contributed by atoms with van der Waals surface area (Å²) in [6.45, 7) is 9.51. The van der Waals surface area contributed by atoms with Gasteiger partial charge in [0, 0.05) is 12.1 Å². The molecule has 0 aliphatic rings. The van der Waals surface area contributed by atoms with E-state index in [2.05, 4.69) is 11.9 Å². The smallest absolute Gasteiger partial charge is 0.224 e. The molecule has 0 aromatic rings. The van der Waals surface area contributed by atoms with Gasteiger partial charge in [0.2, 0.25) is 5.91 Å². The zero-order valence-corrected chi connectivity index (χ0v) is 9.26. The minimum absolute atomic E-state index is 0.0670. The Balaban J connectivity index is 4.40. The molecular formula is C12H19NO. The van der Waals surface area contributed by atoms with Crippen LogP contribution in [0.4, 0.5) is 0 Å². The first-order valence-electron chi connectivity index (χ1n) is 4.88. The molecular weight excluding hydrogens is 174 g/mol. The van der Waals surface area contributed by atoms with E-state index in [4.69, 9.17) is 0 Å². The van der Waals surface area contributed by atoms with Crippen LogP contribution in [0, 0.1) is 0 Å². The predicted octanol–water partition coefficient (Wildman–Crippen LogP) is 2.94. The summed E-state index contributed by atoms with van der Waals surface area (Å²) in [5, 5.41) is 2.86. The zero-order valence-electron chi connectivity index (χ0n) is 9.26. The fraction of sp³-hybridized carbons (Fsp3) is 0.417. The Morgan fingerprint density at radius 3 is 2.50 bits per heavy atom. The lowest BCUT2D eigenvalue weighted by Crippen LogP contribution is -2.21. The van der Waals surface area contributed by atoms with Crippen molar-refractivity contribution in [2.24, 2.45) is 0 Å². The van der Waals surface area contributed by atoms with Gasteiger partial charge in [-0.15, -0.1) is 0 Å². The normalized spacial score (nSPS) is 9.93. The highest BCUT2D eigenvalue weighted by molar-refractivity contribution is 5.78. The number of rotatable bonds is 5. The quantitative estimate of drug-likeness (QED) is 0.668. The van der Waals surface area contributed by atoms with E-state index in [0.29, 0.717) is 6.42 Å². The fourth-order valence-electron chi connectivity index (χ4n) is 0.937. The van der Waals surface area contributed by atoms with E-state index >= 15 is 0 Å². The van der Waals surface area contributed by atoms with Crippen molar-refractivity contribution in [1.82, 2.24) is 5.32 Å². The molecule has 2 heteroatoms. The molecule has 78 valence electrons. The minimum Gasteiger partial charge on any atom is -0.326 e. The number of amides is 1. The van der Waals surface area contributed by atoms with Crippen molar-refractivity contribution in [1.29, 1.82) is 0 Å². The molecule has 0 atom stereocenters. The zero-order chi connectivity index (χ0) is 11.0. The van der Waals surface area contributed by atoms with Crippen LogP contribution in [0.1, 0.15) is 33.6 Å². The van der Waals surface area contributed by atoms with Crippen LogP contribution in [-0.4, -0.2) is 5.91 Å². The topological polar surface area (TPSA) is 29.1 Å². The van der Waals surface area contributed by atoms with Gasteiger partial charge in [0.05, 0.1) is 0 Å². The number of carbonyl (C=O) groups is 1. The number of nitrogens with one attached hydrogen (secondary N) is 1. The average molecular weight is 193 g/mol. The SMILES string of the molecule is C=C/C=C\C(NC(=O)CCC)=C(C)C. The molecule has 14 heavy (non-hydrogen) atoms. The average Bonchev–Trinajstić information content (AvgIpc) is 2.12. The van der Waals surface area contributed by atoms with Crippen LogP contribution in [0.15, 0.2) is 36.1 Å². The molecule has 0 aromatic heterocycles. The Morgan fingerprint density at radius 2 is 2.07 bits per heavy atom. The van der Waals surface area contributed by atoms with Crippen LogP contribution < -0.4 is 5.32 Å². The van der Waals surface area contributed by atoms with Gasteiger partial charge in [-0.25, -0.2) is 0 Å². The van der Waals surface area contributed by atoms with E-state index < -0.39 is 0 Å². The first-order valence-corrected chi connectivity index (χ1v) is 4.88. The lowest BCUT2D eigenvalue weighted by molar-refractivity contribution is -0.120. The Bertz CT molecular complexity index is 257. The van der Waals surface area contributed by atoms with Crippen LogP contribution >= 0.6 is 0 Å². The van der Waals surface area contributed by atoms with Crippen LogP contribution in [-0.2, 0) is 4.79 Å². The number of hydrogen-bond acceptors (Lipinski definition) is 1. The van der Waals surface area contributed by atoms with Crippen LogP contribution in [0.5, 0.6) is 0 Å². The van der Waals surface area contributed by atoms with E-state index in [-0.39, 0.29) is 5.91 Å². The van der Waals surface area contributed by atoms with Crippen molar-refractivity contribution in [2.75, 3.05) is 0 Å². The number of allylic oxidation sites excluding steroid dienone is 4. The maximum absolute atomic E-state index is 11.3. The molecule has 1 amide bonds. The molecule has 2 nitrogen and oxygen atoms in total. The van der Waals surface area contributed by atoms with Crippen molar-refractivity contribution in [3.05, 3.63) is 36.1 Å². The van der Waals surface area contributed by atoms with Gasteiger partial charge >= 0.3 is 0 Å². The summed E-state index contributed by atoms with van der Waals surface area (Å²) in [6.07, 6.45) is 6.80. The summed E-state index contributed by atoms with van der Waals surface area (Å²) in [5.74, 6) is 0.0670. The Labute approximate surface area is 86.4 Å². The predicted molar refractivity (Wildman–Crippen MR) is 60.8 cm³/mol. The van der Waals surface area contributed by atoms with Gasteiger partial charge in [-0.2, -0.15) is 0 Å². The van der Waals surface area contributed by atoms with Gasteiger partial charge in [-0.3, -0.25) is 4.79 Å². The van der Waals surface area contributed by atoms with E-state index in [0.717, 1.165) is 17.7 Å². The Hall–Kier alpha value is -1.31. The molecule has 0 saturated carbocycles. The molecule has 0 rings (SSSR count). The third-order valence-corrected chi connectivity index (χ3v) is 1.69. The lowest BCUT2D eigenvalue weighted by Gasteiger charge is -2.06. The molecule has 0 aliphatic heterocycles. The third-order valence-electron chi connectivity index (χ3n) is 1.69. The maximum Gasteiger partial charge on any atom is 0.224 e. The van der Waals surface area contributed by atoms with Crippen molar-refractivity contribution in [3.8, 4) is 0 Å². The monoisotopic (exact) mass is 193 g/mol. The summed E-state index contributed by atoms with van der Waals surface area (Å²) in [4.78, 5) is 11.3.